The molecule has 0 radical (unpaired) electrons. The third kappa shape index (κ3) is 3.63. The van der Waals surface area contributed by atoms with Crippen molar-refractivity contribution in [1.29, 1.82) is 0 Å². The zero-order chi connectivity index (χ0) is 18.9. The van der Waals surface area contributed by atoms with E-state index in [1.165, 1.54) is 0 Å². The van der Waals surface area contributed by atoms with E-state index < -0.39 is 10.0 Å². The number of sulfonamides is 1. The number of primary sulfonamides is 1. The van der Waals surface area contributed by atoms with E-state index in [4.69, 9.17) is 5.14 Å². The van der Waals surface area contributed by atoms with Gasteiger partial charge in [-0.05, 0) is 31.0 Å². The highest BCUT2D eigenvalue weighted by Gasteiger charge is 2.24. The normalized spacial score (nSPS) is 12.8. The number of hydrogen-bond donors (Lipinski definition) is 2. The summed E-state index contributed by atoms with van der Waals surface area (Å²) in [5, 5.41) is 8.93. The van der Waals surface area contributed by atoms with Crippen molar-refractivity contribution >= 4 is 15.7 Å². The largest absolute Gasteiger partial charge is 0.378 e. The SMILES string of the molecule is Cc1ccc(N[C@@H](C)c2ccccc2)c(-c2cn(C)cn2)c1S(N)(=O)=O. The van der Waals surface area contributed by atoms with Crippen molar-refractivity contribution in [2.24, 2.45) is 12.2 Å². The Morgan fingerprint density at radius 1 is 1.15 bits per heavy atom. The summed E-state index contributed by atoms with van der Waals surface area (Å²) in [6.07, 6.45) is 3.41. The van der Waals surface area contributed by atoms with Gasteiger partial charge in [-0.1, -0.05) is 36.4 Å². The van der Waals surface area contributed by atoms with Gasteiger partial charge >= 0.3 is 0 Å². The summed E-state index contributed by atoms with van der Waals surface area (Å²) in [5.41, 5.74) is 3.41. The molecule has 1 heterocycles. The van der Waals surface area contributed by atoms with Crippen molar-refractivity contribution in [3.05, 3.63) is 66.1 Å². The molecule has 0 saturated heterocycles. The molecule has 7 heteroatoms. The summed E-state index contributed by atoms with van der Waals surface area (Å²) in [7, 11) is -2.08. The standard InChI is InChI=1S/C19H22N4O2S/c1-13-9-10-16(22-14(2)15-7-5-4-6-8-15)18(19(13)26(20,24)25)17-11-23(3)12-21-17/h4-12,14,22H,1-3H3,(H2,20,24,25)/t14-/m0/s1. The number of benzene rings is 2. The molecule has 1 aromatic heterocycles. The smallest absolute Gasteiger partial charge is 0.239 e. The van der Waals surface area contributed by atoms with Gasteiger partial charge in [-0.25, -0.2) is 18.5 Å². The van der Waals surface area contributed by atoms with Gasteiger partial charge in [0.25, 0.3) is 0 Å². The van der Waals surface area contributed by atoms with E-state index in [0.29, 0.717) is 22.5 Å². The zero-order valence-electron chi connectivity index (χ0n) is 15.0. The Labute approximate surface area is 153 Å². The predicted molar refractivity (Wildman–Crippen MR) is 103 cm³/mol. The van der Waals surface area contributed by atoms with Crippen molar-refractivity contribution in [3.63, 3.8) is 0 Å². The highest BCUT2D eigenvalue weighted by molar-refractivity contribution is 7.89. The second-order valence-corrected chi connectivity index (χ2v) is 7.88. The van der Waals surface area contributed by atoms with E-state index in [0.717, 1.165) is 5.56 Å². The van der Waals surface area contributed by atoms with Gasteiger partial charge in [0, 0.05) is 30.5 Å². The first kappa shape index (κ1) is 18.2. The lowest BCUT2D eigenvalue weighted by molar-refractivity contribution is 0.597. The van der Waals surface area contributed by atoms with Crippen LogP contribution >= 0.6 is 0 Å². The molecule has 3 aromatic rings. The minimum atomic E-state index is -3.92. The molecule has 0 saturated carbocycles. The number of aromatic nitrogens is 2. The van der Waals surface area contributed by atoms with Gasteiger partial charge in [0.1, 0.15) is 0 Å². The fourth-order valence-electron chi connectivity index (χ4n) is 3.03. The molecule has 0 unspecified atom stereocenters. The first-order valence-corrected chi connectivity index (χ1v) is 9.78. The van der Waals surface area contributed by atoms with Crippen LogP contribution in [0.4, 0.5) is 5.69 Å². The van der Waals surface area contributed by atoms with E-state index in [9.17, 15) is 8.42 Å². The third-order valence-electron chi connectivity index (χ3n) is 4.27. The number of nitrogens with one attached hydrogen (secondary N) is 1. The lowest BCUT2D eigenvalue weighted by Crippen LogP contribution is -2.17. The summed E-state index contributed by atoms with van der Waals surface area (Å²) in [4.78, 5) is 4.44. The molecule has 0 bridgehead atoms. The summed E-state index contributed by atoms with van der Waals surface area (Å²) in [6.45, 7) is 3.75. The summed E-state index contributed by atoms with van der Waals surface area (Å²) in [6, 6.07) is 13.5. The van der Waals surface area contributed by atoms with Crippen molar-refractivity contribution in [1.82, 2.24) is 9.55 Å². The van der Waals surface area contributed by atoms with E-state index in [1.54, 1.807) is 30.1 Å². The summed E-state index contributed by atoms with van der Waals surface area (Å²) >= 11 is 0. The second-order valence-electron chi connectivity index (χ2n) is 6.38. The summed E-state index contributed by atoms with van der Waals surface area (Å²) < 4.78 is 26.3. The van der Waals surface area contributed by atoms with Crippen LogP contribution in [-0.4, -0.2) is 18.0 Å². The van der Waals surface area contributed by atoms with Crippen LogP contribution in [0.15, 0.2) is 59.9 Å². The molecule has 0 amide bonds. The Bertz CT molecular complexity index is 1030. The Hall–Kier alpha value is -2.64. The van der Waals surface area contributed by atoms with Gasteiger partial charge < -0.3 is 9.88 Å². The first-order valence-electron chi connectivity index (χ1n) is 8.23. The molecule has 3 N–H and O–H groups in total. The van der Waals surface area contributed by atoms with Crippen molar-refractivity contribution in [2.75, 3.05) is 5.32 Å². The van der Waals surface area contributed by atoms with Crippen LogP contribution in [0.5, 0.6) is 0 Å². The maximum Gasteiger partial charge on any atom is 0.239 e. The molecule has 0 fully saturated rings. The van der Waals surface area contributed by atoms with Crippen LogP contribution in [-0.2, 0) is 17.1 Å². The monoisotopic (exact) mass is 370 g/mol. The fraction of sp³-hybridized carbons (Fsp3) is 0.211. The molecule has 0 aliphatic rings. The van der Waals surface area contributed by atoms with Crippen LogP contribution in [0.1, 0.15) is 24.1 Å². The van der Waals surface area contributed by atoms with Crippen LogP contribution < -0.4 is 10.5 Å². The Kier molecular flexibility index (Phi) is 4.84. The van der Waals surface area contributed by atoms with Gasteiger partial charge in [-0.3, -0.25) is 0 Å². The van der Waals surface area contributed by atoms with Gasteiger partial charge in [0.05, 0.1) is 16.9 Å². The molecule has 26 heavy (non-hydrogen) atoms. The molecule has 3 rings (SSSR count). The van der Waals surface area contributed by atoms with Crippen LogP contribution in [0, 0.1) is 6.92 Å². The highest BCUT2D eigenvalue weighted by atomic mass is 32.2. The quantitative estimate of drug-likeness (QED) is 0.721. The molecule has 1 atom stereocenters. The van der Waals surface area contributed by atoms with Gasteiger partial charge in [-0.2, -0.15) is 0 Å². The molecule has 0 spiro atoms. The van der Waals surface area contributed by atoms with Crippen molar-refractivity contribution < 1.29 is 8.42 Å². The molecule has 136 valence electrons. The minimum absolute atomic E-state index is 0.0188. The Morgan fingerprint density at radius 3 is 2.42 bits per heavy atom. The molecule has 0 aliphatic heterocycles. The lowest BCUT2D eigenvalue weighted by atomic mass is 10.0. The van der Waals surface area contributed by atoms with E-state index >= 15 is 0 Å². The van der Waals surface area contributed by atoms with Gasteiger partial charge in [0.15, 0.2) is 0 Å². The van der Waals surface area contributed by atoms with E-state index in [-0.39, 0.29) is 10.9 Å². The Balaban J connectivity index is 2.16. The maximum absolute atomic E-state index is 12.3. The molecular formula is C19H22N4O2S. The molecule has 0 aliphatic carbocycles. The summed E-state index contributed by atoms with van der Waals surface area (Å²) in [5.74, 6) is 0. The van der Waals surface area contributed by atoms with E-state index in [1.807, 2.05) is 50.4 Å². The predicted octanol–water partition coefficient (Wildman–Crippen LogP) is 3.22. The van der Waals surface area contributed by atoms with Crippen molar-refractivity contribution in [2.45, 2.75) is 24.8 Å². The Morgan fingerprint density at radius 2 is 1.85 bits per heavy atom. The van der Waals surface area contributed by atoms with Gasteiger partial charge in [-0.15, -0.1) is 0 Å². The van der Waals surface area contributed by atoms with Crippen molar-refractivity contribution in [3.8, 4) is 11.3 Å². The lowest BCUT2D eigenvalue weighted by Gasteiger charge is -2.20. The van der Waals surface area contributed by atoms with E-state index in [2.05, 4.69) is 10.3 Å². The average molecular weight is 370 g/mol. The van der Waals surface area contributed by atoms with Crippen LogP contribution in [0.3, 0.4) is 0 Å². The number of imidazole rings is 1. The fourth-order valence-corrected chi connectivity index (χ4v) is 4.04. The molecule has 6 nitrogen and oxygen atoms in total. The minimum Gasteiger partial charge on any atom is -0.378 e. The highest BCUT2D eigenvalue weighted by Crippen LogP contribution is 2.36. The number of nitrogens with two attached hydrogens (primary N) is 1. The molecule has 2 aromatic carbocycles. The third-order valence-corrected chi connectivity index (χ3v) is 5.37. The van der Waals surface area contributed by atoms with Crippen LogP contribution in [0.2, 0.25) is 0 Å². The number of rotatable bonds is 5. The number of nitrogens with zero attached hydrogens (tertiary/aromatic N) is 2. The first-order chi connectivity index (χ1) is 12.3. The topological polar surface area (TPSA) is 90.0 Å². The maximum atomic E-state index is 12.3. The number of hydrogen-bond acceptors (Lipinski definition) is 4. The van der Waals surface area contributed by atoms with Crippen LogP contribution in [0.25, 0.3) is 11.3 Å². The average Bonchev–Trinajstić information content (AvgIpc) is 3.02. The second kappa shape index (κ2) is 6.93. The zero-order valence-corrected chi connectivity index (χ0v) is 15.8. The molecular weight excluding hydrogens is 348 g/mol. The number of aryl methyl sites for hydroxylation is 2. The van der Waals surface area contributed by atoms with Gasteiger partial charge in [0.2, 0.25) is 10.0 Å². The number of anilines is 1.